The molecule has 0 bridgehead atoms. The van der Waals surface area contributed by atoms with Crippen molar-refractivity contribution in [2.75, 3.05) is 13.1 Å². The molecule has 7 heteroatoms. The first-order chi connectivity index (χ1) is 11.2. The SMILES string of the molecule is C=C(C)CNC(=NCc1ccco1)NCCn1cnnc1CC. The van der Waals surface area contributed by atoms with E-state index >= 15 is 0 Å². The van der Waals surface area contributed by atoms with Gasteiger partial charge >= 0.3 is 0 Å². The quantitative estimate of drug-likeness (QED) is 0.440. The second kappa shape index (κ2) is 8.77. The fourth-order valence-corrected chi connectivity index (χ4v) is 2.00. The summed E-state index contributed by atoms with van der Waals surface area (Å²) in [6.07, 6.45) is 4.27. The Morgan fingerprint density at radius 3 is 3.00 bits per heavy atom. The fourth-order valence-electron chi connectivity index (χ4n) is 2.00. The summed E-state index contributed by atoms with van der Waals surface area (Å²) in [7, 11) is 0. The van der Waals surface area contributed by atoms with Crippen LogP contribution in [-0.4, -0.2) is 33.8 Å². The molecule has 124 valence electrons. The highest BCUT2D eigenvalue weighted by molar-refractivity contribution is 5.79. The molecular formula is C16H24N6O. The number of aromatic nitrogens is 3. The van der Waals surface area contributed by atoms with Crippen molar-refractivity contribution in [2.45, 2.75) is 33.4 Å². The summed E-state index contributed by atoms with van der Waals surface area (Å²) >= 11 is 0. The van der Waals surface area contributed by atoms with Gasteiger partial charge in [0.1, 0.15) is 24.5 Å². The van der Waals surface area contributed by atoms with Gasteiger partial charge in [0.2, 0.25) is 0 Å². The molecule has 2 rings (SSSR count). The topological polar surface area (TPSA) is 80.3 Å². The zero-order valence-corrected chi connectivity index (χ0v) is 13.7. The molecule has 0 saturated carbocycles. The zero-order valence-electron chi connectivity index (χ0n) is 13.7. The molecule has 0 aliphatic rings. The van der Waals surface area contributed by atoms with E-state index in [1.807, 2.05) is 23.6 Å². The Morgan fingerprint density at radius 1 is 1.43 bits per heavy atom. The van der Waals surface area contributed by atoms with Crippen molar-refractivity contribution >= 4 is 5.96 Å². The molecule has 0 amide bonds. The first kappa shape index (κ1) is 16.8. The van der Waals surface area contributed by atoms with Crippen molar-refractivity contribution in [1.29, 1.82) is 0 Å². The molecule has 0 aliphatic heterocycles. The van der Waals surface area contributed by atoms with Gasteiger partial charge in [0.15, 0.2) is 5.96 Å². The Hall–Kier alpha value is -2.57. The predicted molar refractivity (Wildman–Crippen MR) is 90.1 cm³/mol. The number of nitrogens with zero attached hydrogens (tertiary/aromatic N) is 4. The van der Waals surface area contributed by atoms with Crippen LogP contribution in [0.4, 0.5) is 0 Å². The van der Waals surface area contributed by atoms with Gasteiger partial charge in [0, 0.05) is 26.1 Å². The average molecular weight is 316 g/mol. The van der Waals surface area contributed by atoms with Crippen molar-refractivity contribution in [3.05, 3.63) is 48.5 Å². The maximum atomic E-state index is 5.30. The first-order valence-corrected chi connectivity index (χ1v) is 7.74. The van der Waals surface area contributed by atoms with E-state index < -0.39 is 0 Å². The van der Waals surface area contributed by atoms with Gasteiger partial charge in [-0.25, -0.2) is 4.99 Å². The number of guanidine groups is 1. The number of hydrogen-bond donors (Lipinski definition) is 2. The van der Waals surface area contributed by atoms with Gasteiger partial charge in [-0.3, -0.25) is 0 Å². The summed E-state index contributed by atoms with van der Waals surface area (Å²) in [5.41, 5.74) is 1.05. The maximum Gasteiger partial charge on any atom is 0.192 e. The second-order valence-corrected chi connectivity index (χ2v) is 5.28. The average Bonchev–Trinajstić information content (AvgIpc) is 3.20. The molecule has 0 atom stereocenters. The van der Waals surface area contributed by atoms with Crippen LogP contribution in [0.15, 0.2) is 46.3 Å². The summed E-state index contributed by atoms with van der Waals surface area (Å²) < 4.78 is 7.34. The van der Waals surface area contributed by atoms with Gasteiger partial charge in [0.05, 0.1) is 6.26 Å². The van der Waals surface area contributed by atoms with E-state index in [9.17, 15) is 0 Å². The van der Waals surface area contributed by atoms with Crippen LogP contribution in [0.5, 0.6) is 0 Å². The van der Waals surface area contributed by atoms with Gasteiger partial charge in [-0.2, -0.15) is 0 Å². The minimum atomic E-state index is 0.491. The fraction of sp³-hybridized carbons (Fsp3) is 0.438. The molecule has 0 spiro atoms. The van der Waals surface area contributed by atoms with Crippen LogP contribution in [0.25, 0.3) is 0 Å². The predicted octanol–water partition coefficient (Wildman–Crippen LogP) is 1.74. The molecular weight excluding hydrogens is 292 g/mol. The molecule has 0 saturated heterocycles. The Labute approximate surface area is 136 Å². The van der Waals surface area contributed by atoms with Crippen LogP contribution in [0.1, 0.15) is 25.4 Å². The lowest BCUT2D eigenvalue weighted by Gasteiger charge is -2.13. The molecule has 0 fully saturated rings. The maximum absolute atomic E-state index is 5.30. The summed E-state index contributed by atoms with van der Waals surface area (Å²) in [6, 6.07) is 3.77. The molecule has 7 nitrogen and oxygen atoms in total. The Kier molecular flexibility index (Phi) is 6.40. The van der Waals surface area contributed by atoms with Crippen molar-refractivity contribution in [2.24, 2.45) is 4.99 Å². The van der Waals surface area contributed by atoms with E-state index in [4.69, 9.17) is 4.42 Å². The van der Waals surface area contributed by atoms with Crippen LogP contribution >= 0.6 is 0 Å². The molecule has 2 heterocycles. The lowest BCUT2D eigenvalue weighted by molar-refractivity contribution is 0.511. The van der Waals surface area contributed by atoms with E-state index in [1.165, 1.54) is 0 Å². The second-order valence-electron chi connectivity index (χ2n) is 5.28. The zero-order chi connectivity index (χ0) is 16.5. The van der Waals surface area contributed by atoms with Gasteiger partial charge in [-0.15, -0.1) is 10.2 Å². The molecule has 2 N–H and O–H groups in total. The van der Waals surface area contributed by atoms with Gasteiger partial charge in [0.25, 0.3) is 0 Å². The normalized spacial score (nSPS) is 11.5. The van der Waals surface area contributed by atoms with Crippen molar-refractivity contribution in [3.8, 4) is 0 Å². The molecule has 2 aromatic rings. The largest absolute Gasteiger partial charge is 0.467 e. The van der Waals surface area contributed by atoms with Gasteiger partial charge in [-0.05, 0) is 19.1 Å². The van der Waals surface area contributed by atoms with Crippen LogP contribution in [0.3, 0.4) is 0 Å². The van der Waals surface area contributed by atoms with Gasteiger partial charge < -0.3 is 19.6 Å². The van der Waals surface area contributed by atoms with Crippen LogP contribution < -0.4 is 10.6 Å². The highest BCUT2D eigenvalue weighted by Crippen LogP contribution is 2.01. The standard InChI is InChI=1S/C16H24N6O/c1-4-15-21-20-12-22(15)8-7-17-16(18-10-13(2)3)19-11-14-6-5-9-23-14/h5-6,9,12H,2,4,7-8,10-11H2,1,3H3,(H2,17,18,19). The van der Waals surface area contributed by atoms with E-state index in [1.54, 1.807) is 12.6 Å². The Balaban J connectivity index is 1.88. The number of nitrogens with one attached hydrogen (secondary N) is 2. The van der Waals surface area contributed by atoms with Crippen molar-refractivity contribution in [3.63, 3.8) is 0 Å². The summed E-state index contributed by atoms with van der Waals surface area (Å²) in [5, 5.41) is 14.6. The summed E-state index contributed by atoms with van der Waals surface area (Å²) in [5.74, 6) is 2.54. The third-order valence-corrected chi connectivity index (χ3v) is 3.19. The number of aryl methyl sites for hydroxylation is 1. The third kappa shape index (κ3) is 5.61. The lowest BCUT2D eigenvalue weighted by Crippen LogP contribution is -2.39. The molecule has 0 aliphatic carbocycles. The smallest absolute Gasteiger partial charge is 0.192 e. The summed E-state index contributed by atoms with van der Waals surface area (Å²) in [6.45, 7) is 10.6. The molecule has 2 aromatic heterocycles. The minimum absolute atomic E-state index is 0.491. The lowest BCUT2D eigenvalue weighted by atomic mass is 10.3. The highest BCUT2D eigenvalue weighted by atomic mass is 16.3. The Bertz CT molecular complexity index is 629. The first-order valence-electron chi connectivity index (χ1n) is 7.74. The summed E-state index contributed by atoms with van der Waals surface area (Å²) in [4.78, 5) is 4.52. The third-order valence-electron chi connectivity index (χ3n) is 3.19. The molecule has 0 aromatic carbocycles. The molecule has 23 heavy (non-hydrogen) atoms. The molecule has 0 unspecified atom stereocenters. The van der Waals surface area contributed by atoms with Crippen molar-refractivity contribution in [1.82, 2.24) is 25.4 Å². The highest BCUT2D eigenvalue weighted by Gasteiger charge is 2.03. The Morgan fingerprint density at radius 2 is 2.30 bits per heavy atom. The van der Waals surface area contributed by atoms with Gasteiger partial charge in [-0.1, -0.05) is 19.1 Å². The van der Waals surface area contributed by atoms with E-state index in [0.717, 1.165) is 42.6 Å². The van der Waals surface area contributed by atoms with E-state index in [0.29, 0.717) is 13.1 Å². The van der Waals surface area contributed by atoms with Crippen molar-refractivity contribution < 1.29 is 4.42 Å². The number of rotatable bonds is 8. The minimum Gasteiger partial charge on any atom is -0.467 e. The van der Waals surface area contributed by atoms with E-state index in [2.05, 4.69) is 39.3 Å². The monoisotopic (exact) mass is 316 g/mol. The molecule has 0 radical (unpaired) electrons. The van der Waals surface area contributed by atoms with Crippen LogP contribution in [-0.2, 0) is 19.5 Å². The van der Waals surface area contributed by atoms with Crippen LogP contribution in [0.2, 0.25) is 0 Å². The number of hydrogen-bond acceptors (Lipinski definition) is 4. The number of furan rings is 1. The van der Waals surface area contributed by atoms with Crippen LogP contribution in [0, 0.1) is 0 Å². The number of aliphatic imine (C=N–C) groups is 1. The van der Waals surface area contributed by atoms with E-state index in [-0.39, 0.29) is 0 Å².